The van der Waals surface area contributed by atoms with Crippen LogP contribution in [-0.4, -0.2) is 75.6 Å². The van der Waals surface area contributed by atoms with Crippen molar-refractivity contribution in [2.24, 2.45) is 0 Å². The van der Waals surface area contributed by atoms with E-state index in [0.29, 0.717) is 30.4 Å². The fraction of sp³-hybridized carbons (Fsp3) is 0.444. The zero-order valence-corrected chi connectivity index (χ0v) is 17.4. The maximum Gasteiger partial charge on any atom is 0.246 e. The first-order valence-corrected chi connectivity index (χ1v) is 10.4. The van der Waals surface area contributed by atoms with Gasteiger partial charge in [-0.25, -0.2) is 8.42 Å². The molecule has 2 heterocycles. The van der Waals surface area contributed by atoms with Crippen molar-refractivity contribution in [2.45, 2.75) is 11.8 Å². The summed E-state index contributed by atoms with van der Waals surface area (Å²) in [7, 11) is -0.859. The van der Waals surface area contributed by atoms with Crippen molar-refractivity contribution in [2.75, 3.05) is 52.3 Å². The van der Waals surface area contributed by atoms with Gasteiger partial charge in [-0.05, 0) is 19.1 Å². The summed E-state index contributed by atoms with van der Waals surface area (Å²) in [6.07, 6.45) is 0. The topological polar surface area (TPSA) is 114 Å². The van der Waals surface area contributed by atoms with E-state index in [-0.39, 0.29) is 36.2 Å². The minimum absolute atomic E-state index is 0.0613. The van der Waals surface area contributed by atoms with Crippen LogP contribution in [0, 0.1) is 6.92 Å². The van der Waals surface area contributed by atoms with Gasteiger partial charge in [0.25, 0.3) is 0 Å². The number of benzene rings is 1. The van der Waals surface area contributed by atoms with Crippen LogP contribution in [0.3, 0.4) is 0 Å². The van der Waals surface area contributed by atoms with Gasteiger partial charge in [0.2, 0.25) is 21.8 Å². The van der Waals surface area contributed by atoms with Crippen LogP contribution in [0.5, 0.6) is 11.5 Å². The Morgan fingerprint density at radius 1 is 1.17 bits per heavy atom. The molecular weight excluding hydrogens is 400 g/mol. The van der Waals surface area contributed by atoms with Gasteiger partial charge in [-0.3, -0.25) is 15.0 Å². The number of rotatable bonds is 7. The van der Waals surface area contributed by atoms with Gasteiger partial charge < -0.3 is 14.0 Å². The minimum atomic E-state index is -3.76. The number of amides is 1. The third-order valence-electron chi connectivity index (χ3n) is 4.58. The van der Waals surface area contributed by atoms with Crippen LogP contribution in [0.25, 0.3) is 0 Å². The second-order valence-electron chi connectivity index (χ2n) is 6.58. The number of nitrogens with one attached hydrogen (secondary N) is 1. The fourth-order valence-electron chi connectivity index (χ4n) is 3.06. The normalized spacial score (nSPS) is 15.8. The first-order chi connectivity index (χ1) is 13.8. The van der Waals surface area contributed by atoms with Crippen molar-refractivity contribution >= 4 is 21.8 Å². The molecule has 3 rings (SSSR count). The number of sulfonamides is 1. The number of methoxy groups -OCH3 is 2. The Labute approximate surface area is 169 Å². The summed E-state index contributed by atoms with van der Waals surface area (Å²) in [5.74, 6) is 0.739. The Morgan fingerprint density at radius 3 is 2.48 bits per heavy atom. The lowest BCUT2D eigenvalue weighted by molar-refractivity contribution is -0.117. The van der Waals surface area contributed by atoms with Gasteiger partial charge in [0, 0.05) is 38.3 Å². The van der Waals surface area contributed by atoms with E-state index in [9.17, 15) is 13.2 Å². The molecule has 0 saturated carbocycles. The second kappa shape index (κ2) is 8.80. The number of carbonyl (C=O) groups is 1. The Morgan fingerprint density at radius 2 is 1.90 bits per heavy atom. The van der Waals surface area contributed by atoms with E-state index in [1.807, 2.05) is 4.90 Å². The molecule has 1 fully saturated rings. The Balaban J connectivity index is 1.62. The Bertz CT molecular complexity index is 966. The third-order valence-corrected chi connectivity index (χ3v) is 6.50. The van der Waals surface area contributed by atoms with Crippen molar-refractivity contribution in [3.63, 3.8) is 0 Å². The summed E-state index contributed by atoms with van der Waals surface area (Å²) in [6.45, 7) is 3.27. The SMILES string of the molecule is COc1ccc(OC)c(S(=O)(=O)N2CCN(CC(=O)Nc3cc(C)no3)CC2)c1. The van der Waals surface area contributed by atoms with Crippen molar-refractivity contribution in [1.29, 1.82) is 0 Å². The first kappa shape index (κ1) is 21.1. The summed E-state index contributed by atoms with van der Waals surface area (Å²) in [5.41, 5.74) is 0.673. The summed E-state index contributed by atoms with van der Waals surface area (Å²) in [4.78, 5) is 14.1. The number of hydrogen-bond acceptors (Lipinski definition) is 8. The lowest BCUT2D eigenvalue weighted by atomic mass is 10.3. The third kappa shape index (κ3) is 4.86. The highest BCUT2D eigenvalue weighted by molar-refractivity contribution is 7.89. The average molecular weight is 424 g/mol. The largest absolute Gasteiger partial charge is 0.497 e. The quantitative estimate of drug-likeness (QED) is 0.699. The lowest BCUT2D eigenvalue weighted by Gasteiger charge is -2.33. The average Bonchev–Trinajstić information content (AvgIpc) is 3.12. The highest BCUT2D eigenvalue weighted by atomic mass is 32.2. The van der Waals surface area contributed by atoms with Crippen LogP contribution >= 0.6 is 0 Å². The summed E-state index contributed by atoms with van der Waals surface area (Å²) in [5, 5.41) is 6.35. The molecular formula is C18H24N4O6S. The molecule has 29 heavy (non-hydrogen) atoms. The van der Waals surface area contributed by atoms with E-state index in [4.69, 9.17) is 14.0 Å². The molecule has 0 aliphatic carbocycles. The molecule has 158 valence electrons. The van der Waals surface area contributed by atoms with Crippen LogP contribution < -0.4 is 14.8 Å². The van der Waals surface area contributed by atoms with Gasteiger partial charge in [-0.1, -0.05) is 5.16 Å². The van der Waals surface area contributed by atoms with E-state index in [1.165, 1.54) is 24.6 Å². The number of ether oxygens (including phenoxy) is 2. The molecule has 0 radical (unpaired) electrons. The van der Waals surface area contributed by atoms with Crippen LogP contribution in [-0.2, 0) is 14.8 Å². The predicted molar refractivity (Wildman–Crippen MR) is 105 cm³/mol. The van der Waals surface area contributed by atoms with Crippen molar-refractivity contribution in [3.05, 3.63) is 30.0 Å². The smallest absolute Gasteiger partial charge is 0.246 e. The van der Waals surface area contributed by atoms with Crippen LogP contribution in [0.1, 0.15) is 5.69 Å². The molecule has 0 unspecified atom stereocenters. The molecule has 2 aromatic rings. The zero-order chi connectivity index (χ0) is 21.0. The van der Waals surface area contributed by atoms with Gasteiger partial charge in [0.05, 0.1) is 26.5 Å². The molecule has 1 N–H and O–H groups in total. The number of anilines is 1. The number of piperazine rings is 1. The van der Waals surface area contributed by atoms with Gasteiger partial charge in [-0.15, -0.1) is 0 Å². The minimum Gasteiger partial charge on any atom is -0.497 e. The molecule has 1 aromatic carbocycles. The Kier molecular flexibility index (Phi) is 6.40. The van der Waals surface area contributed by atoms with Crippen LogP contribution in [0.2, 0.25) is 0 Å². The van der Waals surface area contributed by atoms with Crippen LogP contribution in [0.4, 0.5) is 5.88 Å². The van der Waals surface area contributed by atoms with E-state index in [0.717, 1.165) is 0 Å². The first-order valence-electron chi connectivity index (χ1n) is 9.01. The highest BCUT2D eigenvalue weighted by Gasteiger charge is 2.31. The number of carbonyl (C=O) groups excluding carboxylic acids is 1. The molecule has 0 atom stereocenters. The van der Waals surface area contributed by atoms with E-state index >= 15 is 0 Å². The van der Waals surface area contributed by atoms with Gasteiger partial charge in [0.15, 0.2) is 0 Å². The van der Waals surface area contributed by atoms with Gasteiger partial charge in [0.1, 0.15) is 16.4 Å². The van der Waals surface area contributed by atoms with Gasteiger partial charge >= 0.3 is 0 Å². The maximum absolute atomic E-state index is 13.1. The molecule has 0 bridgehead atoms. The van der Waals surface area contributed by atoms with Crippen molar-refractivity contribution in [3.8, 4) is 11.5 Å². The number of aryl methyl sites for hydroxylation is 1. The molecule has 1 saturated heterocycles. The number of aromatic nitrogens is 1. The Hall–Kier alpha value is -2.63. The number of nitrogens with zero attached hydrogens (tertiary/aromatic N) is 3. The maximum atomic E-state index is 13.1. The standard InChI is InChI=1S/C18H24N4O6S/c1-13-10-18(28-20-13)19-17(23)12-21-6-8-22(9-7-21)29(24,25)16-11-14(26-2)4-5-15(16)27-3/h4-5,10-11H,6-9,12H2,1-3H3,(H,19,23). The molecule has 1 aromatic heterocycles. The monoisotopic (exact) mass is 424 g/mol. The molecule has 1 amide bonds. The van der Waals surface area contributed by atoms with Crippen molar-refractivity contribution < 1.29 is 27.2 Å². The summed E-state index contributed by atoms with van der Waals surface area (Å²) >= 11 is 0. The van der Waals surface area contributed by atoms with Gasteiger partial charge in [-0.2, -0.15) is 4.31 Å². The van der Waals surface area contributed by atoms with Crippen LogP contribution in [0.15, 0.2) is 33.7 Å². The number of hydrogen-bond donors (Lipinski definition) is 1. The lowest BCUT2D eigenvalue weighted by Crippen LogP contribution is -2.50. The molecule has 1 aliphatic heterocycles. The molecule has 11 heteroatoms. The molecule has 0 spiro atoms. The molecule has 10 nitrogen and oxygen atoms in total. The van der Waals surface area contributed by atoms with E-state index < -0.39 is 10.0 Å². The predicted octanol–water partition coefficient (Wildman–Crippen LogP) is 0.945. The molecule has 1 aliphatic rings. The van der Waals surface area contributed by atoms with Crippen molar-refractivity contribution in [1.82, 2.24) is 14.4 Å². The fourth-order valence-corrected chi connectivity index (χ4v) is 4.65. The summed E-state index contributed by atoms with van der Waals surface area (Å²) < 4.78 is 42.9. The van der Waals surface area contributed by atoms with E-state index in [2.05, 4.69) is 10.5 Å². The van der Waals surface area contributed by atoms with E-state index in [1.54, 1.807) is 25.1 Å². The zero-order valence-electron chi connectivity index (χ0n) is 16.5. The highest BCUT2D eigenvalue weighted by Crippen LogP contribution is 2.31. The summed E-state index contributed by atoms with van der Waals surface area (Å²) in [6, 6.07) is 6.29. The second-order valence-corrected chi connectivity index (χ2v) is 8.48.